The van der Waals surface area contributed by atoms with Crippen LogP contribution in [0.4, 0.5) is 21.5 Å². The Bertz CT molecular complexity index is 1280. The Morgan fingerprint density at radius 3 is 2.28 bits per heavy atom. The van der Waals surface area contributed by atoms with Gasteiger partial charge in [-0.05, 0) is 54.6 Å². The van der Waals surface area contributed by atoms with Gasteiger partial charge in [-0.15, -0.1) is 0 Å². The number of carbonyl (C=O) groups is 3. The fourth-order valence-corrected chi connectivity index (χ4v) is 3.42. The van der Waals surface area contributed by atoms with E-state index in [-0.39, 0.29) is 16.4 Å². The molecule has 0 saturated heterocycles. The second-order valence-electron chi connectivity index (χ2n) is 6.75. The van der Waals surface area contributed by atoms with Gasteiger partial charge in [-0.1, -0.05) is 41.4 Å². The highest BCUT2D eigenvalue weighted by atomic mass is 35.5. The van der Waals surface area contributed by atoms with Crippen LogP contribution in [0.25, 0.3) is 0 Å². The molecule has 0 aromatic heterocycles. The summed E-state index contributed by atoms with van der Waals surface area (Å²) in [4.78, 5) is 38.5. The quantitative estimate of drug-likeness (QED) is 0.505. The zero-order valence-electron chi connectivity index (χ0n) is 16.2. The number of halogens is 3. The van der Waals surface area contributed by atoms with Gasteiger partial charge in [0.15, 0.2) is 0 Å². The summed E-state index contributed by atoms with van der Waals surface area (Å²) in [5, 5.41) is 5.66. The number of nitrogens with one attached hydrogen (secondary N) is 2. The van der Waals surface area contributed by atoms with E-state index in [1.807, 2.05) is 0 Å². The van der Waals surface area contributed by atoms with Gasteiger partial charge in [0.05, 0.1) is 5.69 Å². The third kappa shape index (κ3) is 4.21. The van der Waals surface area contributed by atoms with Gasteiger partial charge in [-0.25, -0.2) is 9.29 Å². The molecule has 0 fully saturated rings. The number of rotatable bonds is 5. The second-order valence-corrected chi connectivity index (χ2v) is 7.57. The highest BCUT2D eigenvalue weighted by molar-refractivity contribution is 6.53. The van der Waals surface area contributed by atoms with Crippen molar-refractivity contribution >= 4 is 58.0 Å². The minimum Gasteiger partial charge on any atom is -0.350 e. The highest BCUT2D eigenvalue weighted by Gasteiger charge is 2.40. The summed E-state index contributed by atoms with van der Waals surface area (Å²) >= 11 is 11.9. The molecule has 4 rings (SSSR count). The number of nitrogens with zero attached hydrogens (tertiary/aromatic N) is 1. The number of hydrogen-bond acceptors (Lipinski definition) is 4. The van der Waals surface area contributed by atoms with Crippen molar-refractivity contribution in [2.24, 2.45) is 0 Å². The van der Waals surface area contributed by atoms with Crippen LogP contribution in [0.2, 0.25) is 5.02 Å². The summed E-state index contributed by atoms with van der Waals surface area (Å²) in [5.74, 6) is -2.78. The Kier molecular flexibility index (Phi) is 5.94. The van der Waals surface area contributed by atoms with Crippen molar-refractivity contribution in [3.05, 3.63) is 99.9 Å². The van der Waals surface area contributed by atoms with Gasteiger partial charge in [-0.2, -0.15) is 0 Å². The van der Waals surface area contributed by atoms with Gasteiger partial charge in [0.1, 0.15) is 16.5 Å². The van der Waals surface area contributed by atoms with E-state index in [1.54, 1.807) is 42.5 Å². The Morgan fingerprint density at radius 2 is 1.56 bits per heavy atom. The van der Waals surface area contributed by atoms with Crippen LogP contribution in [0, 0.1) is 5.82 Å². The van der Waals surface area contributed by atoms with Crippen LogP contribution in [0.15, 0.2) is 83.5 Å². The molecule has 3 aromatic carbocycles. The molecule has 0 spiro atoms. The molecule has 0 saturated carbocycles. The van der Waals surface area contributed by atoms with Crippen LogP contribution >= 0.6 is 23.2 Å². The average molecular weight is 470 g/mol. The summed E-state index contributed by atoms with van der Waals surface area (Å²) < 4.78 is 14.1. The molecular weight excluding hydrogens is 456 g/mol. The number of para-hydroxylation sites is 1. The van der Waals surface area contributed by atoms with Crippen molar-refractivity contribution in [3.63, 3.8) is 0 Å². The Morgan fingerprint density at radius 1 is 0.844 bits per heavy atom. The van der Waals surface area contributed by atoms with Crippen LogP contribution < -0.4 is 15.5 Å². The molecule has 1 heterocycles. The third-order valence-electron chi connectivity index (χ3n) is 4.62. The van der Waals surface area contributed by atoms with E-state index in [9.17, 15) is 18.8 Å². The van der Waals surface area contributed by atoms with Crippen LogP contribution in [0.5, 0.6) is 0 Å². The number of anilines is 3. The molecule has 0 unspecified atom stereocenters. The van der Waals surface area contributed by atoms with Crippen molar-refractivity contribution < 1.29 is 18.8 Å². The lowest BCUT2D eigenvalue weighted by Crippen LogP contribution is -2.33. The van der Waals surface area contributed by atoms with Crippen LogP contribution in [-0.2, 0) is 9.59 Å². The Balaban J connectivity index is 1.55. The molecule has 3 amide bonds. The van der Waals surface area contributed by atoms with Crippen LogP contribution in [0.3, 0.4) is 0 Å². The Hall–Kier alpha value is -3.68. The van der Waals surface area contributed by atoms with E-state index in [0.717, 1.165) is 6.07 Å². The predicted octanol–water partition coefficient (Wildman–Crippen LogP) is 5.17. The molecule has 1 aliphatic rings. The predicted molar refractivity (Wildman–Crippen MR) is 121 cm³/mol. The average Bonchev–Trinajstić information content (AvgIpc) is 2.99. The molecule has 1 aliphatic heterocycles. The van der Waals surface area contributed by atoms with Crippen molar-refractivity contribution in [3.8, 4) is 0 Å². The maximum atomic E-state index is 14.1. The maximum Gasteiger partial charge on any atom is 0.283 e. The smallest absolute Gasteiger partial charge is 0.283 e. The first-order valence-corrected chi connectivity index (χ1v) is 10.1. The monoisotopic (exact) mass is 469 g/mol. The van der Waals surface area contributed by atoms with Gasteiger partial charge in [0, 0.05) is 22.0 Å². The van der Waals surface area contributed by atoms with Crippen molar-refractivity contribution in [1.29, 1.82) is 0 Å². The molecule has 0 atom stereocenters. The maximum absolute atomic E-state index is 14.1. The molecule has 0 bridgehead atoms. The molecule has 160 valence electrons. The lowest BCUT2D eigenvalue weighted by Gasteiger charge is -2.15. The molecule has 32 heavy (non-hydrogen) atoms. The molecule has 2 N–H and O–H groups in total. The first-order chi connectivity index (χ1) is 15.3. The number of hydrogen-bond donors (Lipinski definition) is 2. The summed E-state index contributed by atoms with van der Waals surface area (Å²) in [6, 6.07) is 18.3. The van der Waals surface area contributed by atoms with Gasteiger partial charge >= 0.3 is 0 Å². The zero-order valence-corrected chi connectivity index (χ0v) is 17.7. The molecule has 6 nitrogen and oxygen atoms in total. The lowest BCUT2D eigenvalue weighted by atomic mass is 10.1. The highest BCUT2D eigenvalue weighted by Crippen LogP contribution is 2.31. The van der Waals surface area contributed by atoms with Crippen molar-refractivity contribution in [2.75, 3.05) is 15.5 Å². The first kappa shape index (κ1) is 21.5. The lowest BCUT2D eigenvalue weighted by molar-refractivity contribution is -0.120. The van der Waals surface area contributed by atoms with E-state index in [2.05, 4.69) is 10.6 Å². The van der Waals surface area contributed by atoms with E-state index in [1.165, 1.54) is 24.3 Å². The largest absolute Gasteiger partial charge is 0.350 e. The zero-order chi connectivity index (χ0) is 22.8. The molecule has 0 aliphatic carbocycles. The first-order valence-electron chi connectivity index (χ1n) is 9.32. The van der Waals surface area contributed by atoms with Crippen molar-refractivity contribution in [2.45, 2.75) is 0 Å². The third-order valence-corrected chi connectivity index (χ3v) is 5.22. The standard InChI is InChI=1S/C23H14Cl2FN3O3/c24-14-8-10-15(11-9-14)28-21(30)13-4-3-5-16(12-13)27-20-19(25)22(31)29(23(20)32)18-7-2-1-6-17(18)26/h1-12,27H,(H,28,30). The summed E-state index contributed by atoms with van der Waals surface area (Å²) in [6.07, 6.45) is 0. The summed E-state index contributed by atoms with van der Waals surface area (Å²) in [7, 11) is 0. The summed E-state index contributed by atoms with van der Waals surface area (Å²) in [5.41, 5.74) is 0.784. The van der Waals surface area contributed by atoms with E-state index >= 15 is 0 Å². The molecular formula is C23H14Cl2FN3O3. The van der Waals surface area contributed by atoms with Crippen molar-refractivity contribution in [1.82, 2.24) is 0 Å². The molecule has 9 heteroatoms. The normalized spacial score (nSPS) is 13.5. The molecule has 3 aromatic rings. The SMILES string of the molecule is O=C(Nc1ccc(Cl)cc1)c1cccc(NC2=C(Cl)C(=O)N(c3ccccc3F)C2=O)c1. The van der Waals surface area contributed by atoms with E-state index < -0.39 is 23.5 Å². The molecule has 0 radical (unpaired) electrons. The van der Waals surface area contributed by atoms with Gasteiger partial charge in [0.2, 0.25) is 0 Å². The Labute approximate surface area is 192 Å². The number of imide groups is 1. The van der Waals surface area contributed by atoms with Crippen LogP contribution in [0.1, 0.15) is 10.4 Å². The van der Waals surface area contributed by atoms with Crippen LogP contribution in [-0.4, -0.2) is 17.7 Å². The number of benzene rings is 3. The van der Waals surface area contributed by atoms with Gasteiger partial charge < -0.3 is 10.6 Å². The van der Waals surface area contributed by atoms with E-state index in [0.29, 0.717) is 26.9 Å². The summed E-state index contributed by atoms with van der Waals surface area (Å²) in [6.45, 7) is 0. The van der Waals surface area contributed by atoms with Gasteiger partial charge in [-0.3, -0.25) is 14.4 Å². The topological polar surface area (TPSA) is 78.5 Å². The minimum atomic E-state index is -0.846. The number of carbonyl (C=O) groups excluding carboxylic acids is 3. The number of amides is 3. The fraction of sp³-hybridized carbons (Fsp3) is 0. The fourth-order valence-electron chi connectivity index (χ4n) is 3.08. The second kappa shape index (κ2) is 8.82. The van der Waals surface area contributed by atoms with Gasteiger partial charge in [0.25, 0.3) is 17.7 Å². The minimum absolute atomic E-state index is 0.200. The van der Waals surface area contributed by atoms with E-state index in [4.69, 9.17) is 23.2 Å².